The average molecular weight is 232 g/mol. The van der Waals surface area contributed by atoms with Crippen LogP contribution in [0.3, 0.4) is 0 Å². The number of hydrogen-bond acceptors (Lipinski definition) is 2. The third-order valence-electron chi connectivity index (χ3n) is 3.34. The molecule has 1 saturated heterocycles. The Balaban J connectivity index is 1.84. The maximum atomic E-state index is 3.44. The molecule has 0 spiro atoms. The largest absolute Gasteiger partial charge is 0.310 e. The van der Waals surface area contributed by atoms with Gasteiger partial charge < -0.3 is 5.32 Å². The second kappa shape index (κ2) is 6.18. The molecule has 17 heavy (non-hydrogen) atoms. The molecule has 0 aliphatic carbocycles. The molecule has 0 unspecified atom stereocenters. The van der Waals surface area contributed by atoms with Crippen LogP contribution in [0.4, 0.5) is 0 Å². The lowest BCUT2D eigenvalue weighted by Crippen LogP contribution is -2.22. The molecule has 0 aromatic heterocycles. The third-order valence-corrected chi connectivity index (χ3v) is 3.34. The summed E-state index contributed by atoms with van der Waals surface area (Å²) in [4.78, 5) is 2.54. The summed E-state index contributed by atoms with van der Waals surface area (Å²) in [5.41, 5.74) is 2.82. The summed E-state index contributed by atoms with van der Waals surface area (Å²) in [6.45, 7) is 9.01. The first-order chi connectivity index (χ1) is 8.24. The Morgan fingerprint density at radius 2 is 1.65 bits per heavy atom. The second-order valence-electron chi connectivity index (χ2n) is 5.34. The Morgan fingerprint density at radius 3 is 2.24 bits per heavy atom. The first-order valence-corrected chi connectivity index (χ1v) is 6.77. The first-order valence-electron chi connectivity index (χ1n) is 6.77. The zero-order valence-corrected chi connectivity index (χ0v) is 11.1. The lowest BCUT2D eigenvalue weighted by molar-refractivity contribution is 0.331. The predicted molar refractivity (Wildman–Crippen MR) is 72.9 cm³/mol. The van der Waals surface area contributed by atoms with Crippen molar-refractivity contribution in [1.29, 1.82) is 0 Å². The maximum absolute atomic E-state index is 3.44. The molecule has 2 heteroatoms. The Hall–Kier alpha value is -0.860. The standard InChI is InChI=1S/C15H24N2/c1-13(2)16-11-14-5-7-15(8-6-14)12-17-9-3-4-10-17/h5-8,13,16H,3-4,9-12H2,1-2H3. The van der Waals surface area contributed by atoms with Gasteiger partial charge in [0.2, 0.25) is 0 Å². The highest BCUT2D eigenvalue weighted by atomic mass is 15.1. The van der Waals surface area contributed by atoms with E-state index in [1.807, 2.05) is 0 Å². The monoisotopic (exact) mass is 232 g/mol. The zero-order valence-electron chi connectivity index (χ0n) is 11.1. The summed E-state index contributed by atoms with van der Waals surface area (Å²) in [5, 5.41) is 3.44. The van der Waals surface area contributed by atoms with Crippen LogP contribution >= 0.6 is 0 Å². The Bertz CT molecular complexity index is 323. The van der Waals surface area contributed by atoms with Crippen LogP contribution in [-0.2, 0) is 13.1 Å². The highest BCUT2D eigenvalue weighted by Crippen LogP contribution is 2.13. The molecule has 94 valence electrons. The van der Waals surface area contributed by atoms with Gasteiger partial charge in [-0.2, -0.15) is 0 Å². The van der Waals surface area contributed by atoms with E-state index in [1.54, 1.807) is 0 Å². The molecule has 2 rings (SSSR count). The fraction of sp³-hybridized carbons (Fsp3) is 0.600. The van der Waals surface area contributed by atoms with Crippen molar-refractivity contribution in [2.75, 3.05) is 13.1 Å². The molecule has 0 bridgehead atoms. The van der Waals surface area contributed by atoms with E-state index in [4.69, 9.17) is 0 Å². The SMILES string of the molecule is CC(C)NCc1ccc(CN2CCCC2)cc1. The molecule has 0 saturated carbocycles. The van der Waals surface area contributed by atoms with Crippen LogP contribution in [0.2, 0.25) is 0 Å². The van der Waals surface area contributed by atoms with Crippen LogP contribution in [0.1, 0.15) is 37.8 Å². The van der Waals surface area contributed by atoms with Gasteiger partial charge in [-0.05, 0) is 37.1 Å². The van der Waals surface area contributed by atoms with Crippen molar-refractivity contribution < 1.29 is 0 Å². The van der Waals surface area contributed by atoms with E-state index in [0.717, 1.165) is 13.1 Å². The van der Waals surface area contributed by atoms with Gasteiger partial charge in [0.05, 0.1) is 0 Å². The summed E-state index contributed by atoms with van der Waals surface area (Å²) in [6.07, 6.45) is 2.74. The van der Waals surface area contributed by atoms with Crippen molar-refractivity contribution in [1.82, 2.24) is 10.2 Å². The molecule has 2 nitrogen and oxygen atoms in total. The molecular formula is C15H24N2. The van der Waals surface area contributed by atoms with Gasteiger partial charge in [-0.15, -0.1) is 0 Å². The van der Waals surface area contributed by atoms with E-state index >= 15 is 0 Å². The van der Waals surface area contributed by atoms with Gasteiger partial charge in [0, 0.05) is 19.1 Å². The van der Waals surface area contributed by atoms with E-state index in [1.165, 1.54) is 37.1 Å². The van der Waals surface area contributed by atoms with Crippen molar-refractivity contribution in [3.05, 3.63) is 35.4 Å². The number of nitrogens with zero attached hydrogens (tertiary/aromatic N) is 1. The minimum absolute atomic E-state index is 0.555. The first kappa shape index (κ1) is 12.6. The van der Waals surface area contributed by atoms with Crippen molar-refractivity contribution >= 4 is 0 Å². The van der Waals surface area contributed by atoms with E-state index in [0.29, 0.717) is 6.04 Å². The Morgan fingerprint density at radius 1 is 1.06 bits per heavy atom. The predicted octanol–water partition coefficient (Wildman–Crippen LogP) is 2.78. The van der Waals surface area contributed by atoms with Crippen LogP contribution in [-0.4, -0.2) is 24.0 Å². The molecule has 0 amide bonds. The van der Waals surface area contributed by atoms with Crippen molar-refractivity contribution in [3.8, 4) is 0 Å². The second-order valence-corrected chi connectivity index (χ2v) is 5.34. The smallest absolute Gasteiger partial charge is 0.0233 e. The number of hydrogen-bond donors (Lipinski definition) is 1. The average Bonchev–Trinajstić information content (AvgIpc) is 2.81. The fourth-order valence-corrected chi connectivity index (χ4v) is 2.28. The lowest BCUT2D eigenvalue weighted by Gasteiger charge is -2.15. The molecule has 1 N–H and O–H groups in total. The van der Waals surface area contributed by atoms with Gasteiger partial charge in [-0.3, -0.25) is 4.90 Å². The molecule has 0 radical (unpaired) electrons. The van der Waals surface area contributed by atoms with Crippen LogP contribution < -0.4 is 5.32 Å². The molecule has 1 aliphatic heterocycles. The minimum Gasteiger partial charge on any atom is -0.310 e. The molecule has 1 fully saturated rings. The molecule has 1 aromatic carbocycles. The Labute approximate surface area is 105 Å². The van der Waals surface area contributed by atoms with Crippen molar-refractivity contribution in [2.24, 2.45) is 0 Å². The topological polar surface area (TPSA) is 15.3 Å². The summed E-state index contributed by atoms with van der Waals surface area (Å²) >= 11 is 0. The zero-order chi connectivity index (χ0) is 12.1. The van der Waals surface area contributed by atoms with E-state index in [2.05, 4.69) is 48.3 Å². The highest BCUT2D eigenvalue weighted by molar-refractivity contribution is 5.22. The normalized spacial score (nSPS) is 16.9. The number of benzene rings is 1. The lowest BCUT2D eigenvalue weighted by atomic mass is 10.1. The van der Waals surface area contributed by atoms with Crippen LogP contribution in [0.15, 0.2) is 24.3 Å². The number of likely N-dealkylation sites (tertiary alicyclic amines) is 1. The van der Waals surface area contributed by atoms with Gasteiger partial charge in [-0.1, -0.05) is 38.1 Å². The van der Waals surface area contributed by atoms with E-state index < -0.39 is 0 Å². The fourth-order valence-electron chi connectivity index (χ4n) is 2.28. The summed E-state index contributed by atoms with van der Waals surface area (Å²) in [7, 11) is 0. The van der Waals surface area contributed by atoms with E-state index in [-0.39, 0.29) is 0 Å². The molecule has 0 atom stereocenters. The Kier molecular flexibility index (Phi) is 4.57. The molecule has 1 heterocycles. The summed E-state index contributed by atoms with van der Waals surface area (Å²) < 4.78 is 0. The van der Waals surface area contributed by atoms with Crippen LogP contribution in [0, 0.1) is 0 Å². The minimum atomic E-state index is 0.555. The molecule has 1 aliphatic rings. The van der Waals surface area contributed by atoms with E-state index in [9.17, 15) is 0 Å². The van der Waals surface area contributed by atoms with Crippen LogP contribution in [0.25, 0.3) is 0 Å². The van der Waals surface area contributed by atoms with Gasteiger partial charge in [0.1, 0.15) is 0 Å². The van der Waals surface area contributed by atoms with Gasteiger partial charge in [0.25, 0.3) is 0 Å². The number of rotatable bonds is 5. The molecular weight excluding hydrogens is 208 g/mol. The third kappa shape index (κ3) is 4.14. The number of nitrogens with one attached hydrogen (secondary N) is 1. The highest BCUT2D eigenvalue weighted by Gasteiger charge is 2.11. The summed E-state index contributed by atoms with van der Waals surface area (Å²) in [5.74, 6) is 0. The molecule has 1 aromatic rings. The van der Waals surface area contributed by atoms with Gasteiger partial charge >= 0.3 is 0 Å². The van der Waals surface area contributed by atoms with Crippen molar-refractivity contribution in [2.45, 2.75) is 45.8 Å². The van der Waals surface area contributed by atoms with Gasteiger partial charge in [-0.25, -0.2) is 0 Å². The van der Waals surface area contributed by atoms with Crippen molar-refractivity contribution in [3.63, 3.8) is 0 Å². The van der Waals surface area contributed by atoms with Crippen LogP contribution in [0.5, 0.6) is 0 Å². The summed E-state index contributed by atoms with van der Waals surface area (Å²) in [6, 6.07) is 9.60. The van der Waals surface area contributed by atoms with Gasteiger partial charge in [0.15, 0.2) is 0 Å². The quantitative estimate of drug-likeness (QED) is 0.840. The maximum Gasteiger partial charge on any atom is 0.0233 e.